The molecule has 6 rings (SSSR count). The lowest BCUT2D eigenvalue weighted by Gasteiger charge is -2.25. The molecule has 32 heavy (non-hydrogen) atoms. The number of nitrogens with zero attached hydrogens (tertiary/aromatic N) is 1. The predicted molar refractivity (Wildman–Crippen MR) is 130 cm³/mol. The van der Waals surface area contributed by atoms with E-state index in [0.29, 0.717) is 5.75 Å². The van der Waals surface area contributed by atoms with Gasteiger partial charge < -0.3 is 5.11 Å². The number of nitro groups is 1. The Bertz CT molecular complexity index is 1420. The van der Waals surface area contributed by atoms with Gasteiger partial charge in [0.25, 0.3) is 5.69 Å². The van der Waals surface area contributed by atoms with Crippen LogP contribution in [0.4, 0.5) is 5.69 Å². The average molecular weight is 421 g/mol. The molecule has 2 aliphatic carbocycles. The summed E-state index contributed by atoms with van der Waals surface area (Å²) in [4.78, 5) is 10.7. The van der Waals surface area contributed by atoms with E-state index in [4.69, 9.17) is 5.11 Å². The lowest BCUT2D eigenvalue weighted by atomic mass is 9.79. The maximum atomic E-state index is 11.0. The van der Waals surface area contributed by atoms with Crippen LogP contribution in [0.3, 0.4) is 0 Å². The Balaban J connectivity index is 0.000000165. The minimum Gasteiger partial charge on any atom is -0.508 e. The summed E-state index contributed by atoms with van der Waals surface area (Å²) in [5.41, 5.74) is 5.59. The van der Waals surface area contributed by atoms with E-state index in [9.17, 15) is 10.1 Å². The van der Waals surface area contributed by atoms with Crippen LogP contribution in [0.5, 0.6) is 5.75 Å². The molecule has 0 unspecified atom stereocenters. The number of non-ortho nitro benzene ring substituents is 1. The van der Waals surface area contributed by atoms with Crippen LogP contribution in [0.1, 0.15) is 30.4 Å². The molecule has 0 aliphatic heterocycles. The molecule has 0 heterocycles. The highest BCUT2D eigenvalue weighted by Crippen LogP contribution is 2.40. The van der Waals surface area contributed by atoms with Crippen LogP contribution in [0, 0.1) is 10.1 Å². The first kappa shape index (κ1) is 20.0. The summed E-state index contributed by atoms with van der Waals surface area (Å²) in [6.45, 7) is 0. The molecule has 1 N–H and O–H groups in total. The second kappa shape index (κ2) is 8.31. The van der Waals surface area contributed by atoms with Crippen molar-refractivity contribution in [2.24, 2.45) is 0 Å². The number of aromatic hydroxyl groups is 1. The third-order valence-corrected chi connectivity index (χ3v) is 6.31. The van der Waals surface area contributed by atoms with Gasteiger partial charge in [0.1, 0.15) is 5.75 Å². The fourth-order valence-corrected chi connectivity index (χ4v) is 4.71. The average Bonchev–Trinajstić information content (AvgIpc) is 2.83. The summed E-state index contributed by atoms with van der Waals surface area (Å²) < 4.78 is 0. The molecular weight excluding hydrogens is 398 g/mol. The van der Waals surface area contributed by atoms with Crippen molar-refractivity contribution in [2.75, 3.05) is 0 Å². The van der Waals surface area contributed by atoms with E-state index in [1.54, 1.807) is 24.3 Å². The van der Waals surface area contributed by atoms with Gasteiger partial charge in [0, 0.05) is 12.1 Å². The Kier molecular flexibility index (Phi) is 5.20. The first-order chi connectivity index (χ1) is 15.6. The summed E-state index contributed by atoms with van der Waals surface area (Å²) in [6, 6.07) is 22.7. The molecule has 4 heteroatoms. The highest BCUT2D eigenvalue weighted by Gasteiger charge is 2.21. The normalized spacial score (nSPS) is 14.5. The fraction of sp³-hybridized carbons (Fsp3) is 0.143. The second-order valence-electron chi connectivity index (χ2n) is 8.24. The smallest absolute Gasteiger partial charge is 0.270 e. The minimum absolute atomic E-state index is 0.176. The van der Waals surface area contributed by atoms with Crippen LogP contribution >= 0.6 is 0 Å². The summed E-state index contributed by atoms with van der Waals surface area (Å²) in [6.07, 6.45) is 8.80. The first-order valence-electron chi connectivity index (χ1n) is 10.9. The number of hydrogen-bond acceptors (Lipinski definition) is 3. The molecular formula is C28H23NO3. The molecule has 0 radical (unpaired) electrons. The predicted octanol–water partition coefficient (Wildman–Crippen LogP) is 7.34. The van der Waals surface area contributed by atoms with Crippen LogP contribution in [0.2, 0.25) is 0 Å². The number of allylic oxidation sites excluding steroid dienone is 4. The quantitative estimate of drug-likeness (QED) is 0.258. The molecule has 0 saturated carbocycles. The number of nitro benzene ring substituents is 1. The highest BCUT2D eigenvalue weighted by atomic mass is 16.6. The van der Waals surface area contributed by atoms with Gasteiger partial charge in [0.05, 0.1) is 4.92 Å². The van der Waals surface area contributed by atoms with E-state index in [2.05, 4.69) is 24.3 Å². The number of aryl methyl sites for hydroxylation is 1. The zero-order valence-corrected chi connectivity index (χ0v) is 17.6. The van der Waals surface area contributed by atoms with Gasteiger partial charge in [-0.1, -0.05) is 60.2 Å². The van der Waals surface area contributed by atoms with Crippen molar-refractivity contribution in [3.8, 4) is 5.75 Å². The van der Waals surface area contributed by atoms with E-state index in [1.165, 1.54) is 22.3 Å². The fourth-order valence-electron chi connectivity index (χ4n) is 4.71. The summed E-state index contributed by atoms with van der Waals surface area (Å²) in [5.74, 6) is 0.323. The van der Waals surface area contributed by atoms with Crippen molar-refractivity contribution in [3.63, 3.8) is 0 Å². The molecule has 4 aromatic carbocycles. The zero-order chi connectivity index (χ0) is 22.1. The number of fused-ring (bicyclic) bond motifs is 5. The SMILES string of the molecule is O=[N+]([O-])c1ccc2ccc3c(c2c1)CCC1=C3C=CCC1.Oc1ccc2ccccc2c1. The lowest BCUT2D eigenvalue weighted by Crippen LogP contribution is -2.07. The number of hydrogen-bond donors (Lipinski definition) is 1. The van der Waals surface area contributed by atoms with Gasteiger partial charge in [-0.2, -0.15) is 0 Å². The monoisotopic (exact) mass is 421 g/mol. The third kappa shape index (κ3) is 3.76. The Hall–Kier alpha value is -3.92. The molecule has 0 spiro atoms. The van der Waals surface area contributed by atoms with Crippen molar-refractivity contribution in [1.82, 2.24) is 0 Å². The molecule has 4 aromatic rings. The number of benzene rings is 4. The van der Waals surface area contributed by atoms with Crippen LogP contribution in [0.15, 0.2) is 90.5 Å². The van der Waals surface area contributed by atoms with E-state index in [0.717, 1.165) is 47.2 Å². The summed E-state index contributed by atoms with van der Waals surface area (Å²) in [7, 11) is 0. The summed E-state index contributed by atoms with van der Waals surface area (Å²) in [5, 5.41) is 24.5. The van der Waals surface area contributed by atoms with Gasteiger partial charge in [-0.05, 0) is 82.1 Å². The zero-order valence-electron chi connectivity index (χ0n) is 17.6. The maximum Gasteiger partial charge on any atom is 0.270 e. The molecule has 2 aliphatic rings. The van der Waals surface area contributed by atoms with Gasteiger partial charge in [-0.15, -0.1) is 0 Å². The molecule has 0 saturated heterocycles. The van der Waals surface area contributed by atoms with Crippen molar-refractivity contribution in [3.05, 3.63) is 112 Å². The van der Waals surface area contributed by atoms with E-state index < -0.39 is 0 Å². The summed E-state index contributed by atoms with van der Waals surface area (Å²) >= 11 is 0. The van der Waals surface area contributed by atoms with E-state index in [1.807, 2.05) is 36.4 Å². The Labute approximate surface area is 186 Å². The minimum atomic E-state index is -0.313. The van der Waals surface area contributed by atoms with Gasteiger partial charge in [0.2, 0.25) is 0 Å². The molecule has 0 aromatic heterocycles. The molecule has 0 bridgehead atoms. The van der Waals surface area contributed by atoms with Crippen LogP contribution in [0.25, 0.3) is 27.1 Å². The van der Waals surface area contributed by atoms with Crippen LogP contribution in [-0.4, -0.2) is 10.0 Å². The molecule has 0 amide bonds. The largest absolute Gasteiger partial charge is 0.508 e. The highest BCUT2D eigenvalue weighted by molar-refractivity contribution is 5.95. The van der Waals surface area contributed by atoms with Crippen molar-refractivity contribution in [2.45, 2.75) is 25.7 Å². The van der Waals surface area contributed by atoms with E-state index in [-0.39, 0.29) is 10.6 Å². The maximum absolute atomic E-state index is 11.0. The van der Waals surface area contributed by atoms with Crippen LogP contribution in [-0.2, 0) is 6.42 Å². The van der Waals surface area contributed by atoms with Crippen molar-refractivity contribution < 1.29 is 10.0 Å². The number of rotatable bonds is 1. The lowest BCUT2D eigenvalue weighted by molar-refractivity contribution is -0.384. The van der Waals surface area contributed by atoms with Crippen LogP contribution < -0.4 is 0 Å². The number of phenolic OH excluding ortho intramolecular Hbond substituents is 1. The van der Waals surface area contributed by atoms with Crippen molar-refractivity contribution in [1.29, 1.82) is 0 Å². The van der Waals surface area contributed by atoms with E-state index >= 15 is 0 Å². The Morgan fingerprint density at radius 3 is 2.44 bits per heavy atom. The third-order valence-electron chi connectivity index (χ3n) is 6.31. The molecule has 0 fully saturated rings. The van der Waals surface area contributed by atoms with Gasteiger partial charge in [0.15, 0.2) is 0 Å². The van der Waals surface area contributed by atoms with Gasteiger partial charge in [-0.3, -0.25) is 10.1 Å². The number of phenols is 1. The second-order valence-corrected chi connectivity index (χ2v) is 8.24. The standard InChI is InChI=1S/C18H15NO2.C10H8O/c20-19(21)14-8-5-13-7-9-16-15-4-2-1-3-12(15)6-10-17(16)18(13)11-14;11-10-6-5-8-3-1-2-4-9(8)7-10/h2,4-5,7-9,11H,1,3,6,10H2;1-7,11H. The topological polar surface area (TPSA) is 63.4 Å². The van der Waals surface area contributed by atoms with Crippen molar-refractivity contribution >= 4 is 32.8 Å². The first-order valence-corrected chi connectivity index (χ1v) is 10.9. The molecule has 158 valence electrons. The molecule has 0 atom stereocenters. The van der Waals surface area contributed by atoms with Gasteiger partial charge >= 0.3 is 0 Å². The van der Waals surface area contributed by atoms with Gasteiger partial charge in [-0.25, -0.2) is 0 Å². The Morgan fingerprint density at radius 1 is 0.812 bits per heavy atom. The molecule has 4 nitrogen and oxygen atoms in total. The Morgan fingerprint density at radius 2 is 1.59 bits per heavy atom.